The molecule has 0 aliphatic rings. The van der Waals surface area contributed by atoms with Crippen LogP contribution in [-0.4, -0.2) is 18.5 Å². The molecule has 0 saturated heterocycles. The highest BCUT2D eigenvalue weighted by atomic mass is 32.2. The summed E-state index contributed by atoms with van der Waals surface area (Å²) in [4.78, 5) is 24.6. The third-order valence-corrected chi connectivity index (χ3v) is 3.88. The fourth-order valence-electron chi connectivity index (χ4n) is 1.89. The number of carbonyl (C=O) groups is 2. The molecule has 0 fully saturated rings. The van der Waals surface area contributed by atoms with E-state index in [1.807, 2.05) is 55.5 Å². The Morgan fingerprint density at radius 2 is 1.35 bits per heavy atom. The first-order chi connectivity index (χ1) is 11.1. The molecule has 0 aliphatic carbocycles. The van der Waals surface area contributed by atoms with Gasteiger partial charge in [-0.25, -0.2) is 4.79 Å². The molecule has 0 aliphatic heterocycles. The van der Waals surface area contributed by atoms with Gasteiger partial charge in [0, 0.05) is 34.6 Å². The Hall–Kier alpha value is -2.47. The monoisotopic (exact) mass is 329 g/mol. The summed E-state index contributed by atoms with van der Waals surface area (Å²) in [6.07, 6.45) is 0. The predicted octanol–water partition coefficient (Wildman–Crippen LogP) is 3.94. The Labute approximate surface area is 139 Å². The van der Waals surface area contributed by atoms with E-state index in [1.165, 1.54) is 6.92 Å². The fourth-order valence-corrected chi connectivity index (χ4v) is 2.70. The van der Waals surface area contributed by atoms with Gasteiger partial charge in [-0.1, -0.05) is 11.8 Å². The maximum Gasteiger partial charge on any atom is 0.319 e. The molecule has 0 unspecified atom stereocenters. The first kappa shape index (κ1) is 16.9. The van der Waals surface area contributed by atoms with Crippen molar-refractivity contribution in [3.63, 3.8) is 0 Å². The molecule has 2 aromatic rings. The number of carbonyl (C=O) groups excluding carboxylic acids is 2. The molecular formula is C17H19N3O2S. The summed E-state index contributed by atoms with van der Waals surface area (Å²) >= 11 is 1.61. The number of amides is 3. The van der Waals surface area contributed by atoms with E-state index >= 15 is 0 Å². The lowest BCUT2D eigenvalue weighted by atomic mass is 10.3. The fraction of sp³-hybridized carbons (Fsp3) is 0.176. The summed E-state index contributed by atoms with van der Waals surface area (Å²) in [6.45, 7) is 3.95. The summed E-state index contributed by atoms with van der Waals surface area (Å²) in [7, 11) is 0. The summed E-state index contributed by atoms with van der Waals surface area (Å²) in [6, 6.07) is 15.1. The standard InChI is InChI=1S/C17H19N3O2S/c1-3-18-17(22)20-14-6-10-16(11-7-14)23-15-8-4-13(5-9-15)19-12(2)21/h4-11H,3H2,1-2H3,(H,19,21)(H2,18,20,22). The van der Waals surface area contributed by atoms with Crippen molar-refractivity contribution >= 4 is 35.1 Å². The van der Waals surface area contributed by atoms with Crippen molar-refractivity contribution in [3.8, 4) is 0 Å². The van der Waals surface area contributed by atoms with Crippen molar-refractivity contribution in [1.82, 2.24) is 5.32 Å². The molecule has 2 rings (SSSR count). The Morgan fingerprint density at radius 3 is 1.78 bits per heavy atom. The molecule has 3 N–H and O–H groups in total. The van der Waals surface area contributed by atoms with Crippen molar-refractivity contribution in [1.29, 1.82) is 0 Å². The molecule has 5 nitrogen and oxygen atoms in total. The zero-order valence-corrected chi connectivity index (χ0v) is 13.9. The normalized spacial score (nSPS) is 10.0. The lowest BCUT2D eigenvalue weighted by Crippen LogP contribution is -2.28. The summed E-state index contributed by atoms with van der Waals surface area (Å²) in [5.74, 6) is -0.0828. The SMILES string of the molecule is CCNC(=O)Nc1ccc(Sc2ccc(NC(C)=O)cc2)cc1. The first-order valence-corrected chi connectivity index (χ1v) is 8.09. The van der Waals surface area contributed by atoms with Crippen molar-refractivity contribution in [2.75, 3.05) is 17.2 Å². The summed E-state index contributed by atoms with van der Waals surface area (Å²) < 4.78 is 0. The van der Waals surface area contributed by atoms with E-state index in [-0.39, 0.29) is 11.9 Å². The van der Waals surface area contributed by atoms with Crippen LogP contribution in [-0.2, 0) is 4.79 Å². The minimum atomic E-state index is -0.207. The number of hydrogen-bond acceptors (Lipinski definition) is 3. The molecule has 0 saturated carbocycles. The number of anilines is 2. The van der Waals surface area contributed by atoms with Crippen LogP contribution in [0.25, 0.3) is 0 Å². The van der Waals surface area contributed by atoms with Crippen LogP contribution in [0.2, 0.25) is 0 Å². The highest BCUT2D eigenvalue weighted by Crippen LogP contribution is 2.29. The maximum atomic E-state index is 11.4. The topological polar surface area (TPSA) is 70.2 Å². The average Bonchev–Trinajstić information content (AvgIpc) is 2.51. The second-order valence-corrected chi connectivity index (χ2v) is 5.96. The second-order valence-electron chi connectivity index (χ2n) is 4.82. The molecule has 0 atom stereocenters. The highest BCUT2D eigenvalue weighted by molar-refractivity contribution is 7.99. The Balaban J connectivity index is 1.95. The zero-order chi connectivity index (χ0) is 16.7. The van der Waals surface area contributed by atoms with Crippen LogP contribution in [0.4, 0.5) is 16.2 Å². The van der Waals surface area contributed by atoms with Gasteiger partial charge in [-0.2, -0.15) is 0 Å². The molecule has 0 heterocycles. The number of benzene rings is 2. The lowest BCUT2D eigenvalue weighted by Gasteiger charge is -2.07. The zero-order valence-electron chi connectivity index (χ0n) is 13.1. The van der Waals surface area contributed by atoms with Gasteiger partial charge in [-0.05, 0) is 55.5 Å². The number of rotatable bonds is 5. The van der Waals surface area contributed by atoms with E-state index < -0.39 is 0 Å². The molecule has 0 aromatic heterocycles. The van der Waals surface area contributed by atoms with E-state index in [4.69, 9.17) is 0 Å². The predicted molar refractivity (Wildman–Crippen MR) is 94.0 cm³/mol. The van der Waals surface area contributed by atoms with Crippen LogP contribution in [0.15, 0.2) is 58.3 Å². The Morgan fingerprint density at radius 1 is 0.870 bits per heavy atom. The van der Waals surface area contributed by atoms with Gasteiger partial charge in [-0.3, -0.25) is 4.79 Å². The van der Waals surface area contributed by atoms with Crippen LogP contribution in [0.1, 0.15) is 13.8 Å². The van der Waals surface area contributed by atoms with Crippen molar-refractivity contribution < 1.29 is 9.59 Å². The smallest absolute Gasteiger partial charge is 0.319 e. The molecule has 0 spiro atoms. The molecule has 3 amide bonds. The third-order valence-electron chi connectivity index (χ3n) is 2.86. The Kier molecular flexibility index (Phi) is 6.05. The van der Waals surface area contributed by atoms with Gasteiger partial charge in [0.25, 0.3) is 0 Å². The van der Waals surface area contributed by atoms with Crippen molar-refractivity contribution in [2.24, 2.45) is 0 Å². The van der Waals surface area contributed by atoms with Crippen LogP contribution in [0, 0.1) is 0 Å². The van der Waals surface area contributed by atoms with E-state index in [2.05, 4.69) is 16.0 Å². The van der Waals surface area contributed by atoms with Crippen molar-refractivity contribution in [2.45, 2.75) is 23.6 Å². The summed E-state index contributed by atoms with van der Waals surface area (Å²) in [5.41, 5.74) is 1.53. The van der Waals surface area contributed by atoms with Crippen LogP contribution >= 0.6 is 11.8 Å². The van der Waals surface area contributed by atoms with Crippen LogP contribution in [0.3, 0.4) is 0 Å². The average molecular weight is 329 g/mol. The minimum absolute atomic E-state index is 0.0828. The lowest BCUT2D eigenvalue weighted by molar-refractivity contribution is -0.114. The van der Waals surface area contributed by atoms with Gasteiger partial charge < -0.3 is 16.0 Å². The maximum absolute atomic E-state index is 11.4. The van der Waals surface area contributed by atoms with E-state index in [0.29, 0.717) is 6.54 Å². The van der Waals surface area contributed by atoms with Gasteiger partial charge >= 0.3 is 6.03 Å². The largest absolute Gasteiger partial charge is 0.338 e. The van der Waals surface area contributed by atoms with Gasteiger partial charge in [0.05, 0.1) is 0 Å². The quantitative estimate of drug-likeness (QED) is 0.778. The molecule has 0 bridgehead atoms. The second kappa shape index (κ2) is 8.24. The van der Waals surface area contributed by atoms with Gasteiger partial charge in [0.2, 0.25) is 5.91 Å². The first-order valence-electron chi connectivity index (χ1n) is 7.27. The third kappa shape index (κ3) is 5.67. The van der Waals surface area contributed by atoms with Crippen LogP contribution < -0.4 is 16.0 Å². The summed E-state index contributed by atoms with van der Waals surface area (Å²) in [5, 5.41) is 8.18. The van der Waals surface area contributed by atoms with Crippen LogP contribution in [0.5, 0.6) is 0 Å². The molecule has 2 aromatic carbocycles. The van der Waals surface area contributed by atoms with Gasteiger partial charge in [-0.15, -0.1) is 0 Å². The van der Waals surface area contributed by atoms with E-state index in [9.17, 15) is 9.59 Å². The molecule has 120 valence electrons. The van der Waals surface area contributed by atoms with Crippen molar-refractivity contribution in [3.05, 3.63) is 48.5 Å². The number of nitrogens with one attached hydrogen (secondary N) is 3. The van der Waals surface area contributed by atoms with E-state index in [1.54, 1.807) is 11.8 Å². The van der Waals surface area contributed by atoms with E-state index in [0.717, 1.165) is 21.2 Å². The number of urea groups is 1. The molecule has 0 radical (unpaired) electrons. The highest BCUT2D eigenvalue weighted by Gasteiger charge is 2.02. The molecule has 6 heteroatoms. The Bertz CT molecular complexity index is 669. The molecular weight excluding hydrogens is 310 g/mol. The molecule has 23 heavy (non-hydrogen) atoms. The van der Waals surface area contributed by atoms with Gasteiger partial charge in [0.15, 0.2) is 0 Å². The van der Waals surface area contributed by atoms with Gasteiger partial charge in [0.1, 0.15) is 0 Å². The minimum Gasteiger partial charge on any atom is -0.338 e. The number of hydrogen-bond donors (Lipinski definition) is 3.